The van der Waals surface area contributed by atoms with Gasteiger partial charge in [0.05, 0.1) is 15.5 Å². The lowest BCUT2D eigenvalue weighted by molar-refractivity contribution is 0.102. The second kappa shape index (κ2) is 7.01. The Hall–Kier alpha value is -0.720. The van der Waals surface area contributed by atoms with Crippen LogP contribution < -0.4 is 11.1 Å². The van der Waals surface area contributed by atoms with E-state index in [1.807, 2.05) is 6.26 Å². The van der Waals surface area contributed by atoms with Crippen LogP contribution in [-0.2, 0) is 0 Å². The van der Waals surface area contributed by atoms with Crippen LogP contribution >= 0.6 is 23.1 Å². The fourth-order valence-electron chi connectivity index (χ4n) is 1.61. The number of hydrogen-bond donors (Lipinski definition) is 2. The van der Waals surface area contributed by atoms with E-state index in [0.29, 0.717) is 10.6 Å². The van der Waals surface area contributed by atoms with Crippen LogP contribution in [0.15, 0.2) is 4.90 Å². The van der Waals surface area contributed by atoms with Gasteiger partial charge < -0.3 is 16.0 Å². The maximum Gasteiger partial charge on any atom is 0.171 e. The van der Waals surface area contributed by atoms with E-state index in [1.54, 1.807) is 18.7 Å². The first-order valence-corrected chi connectivity index (χ1v) is 7.87. The Balaban J connectivity index is 2.70. The molecule has 0 fully saturated rings. The number of nitrogens with one attached hydrogen (secondary N) is 1. The first kappa shape index (κ1) is 15.3. The standard InChI is InChI=1S/C12H21N3OS2/c1-8(16)10-9(13)11(17-4)12(18-10)14-6-5-7-15(2)3/h14H,5-7,13H2,1-4H3. The lowest BCUT2D eigenvalue weighted by atomic mass is 10.3. The molecule has 0 aromatic carbocycles. The van der Waals surface area contributed by atoms with Gasteiger partial charge in [0.25, 0.3) is 0 Å². The third-order valence-corrected chi connectivity index (χ3v) is 4.72. The molecule has 0 atom stereocenters. The number of thiophene rings is 1. The van der Waals surface area contributed by atoms with Gasteiger partial charge in [-0.2, -0.15) is 0 Å². The zero-order valence-electron chi connectivity index (χ0n) is 11.4. The van der Waals surface area contributed by atoms with Crippen molar-refractivity contribution in [3.8, 4) is 0 Å². The second-order valence-corrected chi connectivity index (χ2v) is 6.18. The topological polar surface area (TPSA) is 58.4 Å². The highest BCUT2D eigenvalue weighted by Gasteiger charge is 2.17. The molecule has 0 radical (unpaired) electrons. The fraction of sp³-hybridized carbons (Fsp3) is 0.583. The predicted octanol–water partition coefficient (Wildman–Crippen LogP) is 2.62. The van der Waals surface area contributed by atoms with E-state index in [-0.39, 0.29) is 5.78 Å². The number of carbonyl (C=O) groups excluding carboxylic acids is 1. The molecule has 1 aromatic rings. The lowest BCUT2D eigenvalue weighted by Crippen LogP contribution is -2.16. The quantitative estimate of drug-likeness (QED) is 0.459. The van der Waals surface area contributed by atoms with Crippen molar-refractivity contribution in [3.05, 3.63) is 4.88 Å². The molecule has 3 N–H and O–H groups in total. The van der Waals surface area contributed by atoms with E-state index < -0.39 is 0 Å². The molecule has 18 heavy (non-hydrogen) atoms. The third-order valence-electron chi connectivity index (χ3n) is 2.49. The van der Waals surface area contributed by atoms with Gasteiger partial charge in [-0.25, -0.2) is 0 Å². The summed E-state index contributed by atoms with van der Waals surface area (Å²) in [6.07, 6.45) is 3.04. The van der Waals surface area contributed by atoms with Gasteiger partial charge in [0.15, 0.2) is 5.78 Å². The van der Waals surface area contributed by atoms with Gasteiger partial charge in [0.2, 0.25) is 0 Å². The minimum atomic E-state index is 0.0362. The van der Waals surface area contributed by atoms with Gasteiger partial charge in [0.1, 0.15) is 5.00 Å². The SMILES string of the molecule is CSc1c(NCCCN(C)C)sc(C(C)=O)c1N. The van der Waals surface area contributed by atoms with Gasteiger partial charge in [0, 0.05) is 13.5 Å². The molecule has 102 valence electrons. The largest absolute Gasteiger partial charge is 0.396 e. The van der Waals surface area contributed by atoms with Gasteiger partial charge in [-0.3, -0.25) is 4.79 Å². The zero-order valence-corrected chi connectivity index (χ0v) is 13.0. The van der Waals surface area contributed by atoms with E-state index in [0.717, 1.165) is 29.4 Å². The minimum absolute atomic E-state index is 0.0362. The number of nitrogen functional groups attached to an aromatic ring is 1. The minimum Gasteiger partial charge on any atom is -0.396 e. The van der Waals surface area contributed by atoms with Crippen molar-refractivity contribution in [1.82, 2.24) is 4.90 Å². The van der Waals surface area contributed by atoms with Gasteiger partial charge >= 0.3 is 0 Å². The highest BCUT2D eigenvalue weighted by Crippen LogP contribution is 2.41. The summed E-state index contributed by atoms with van der Waals surface area (Å²) >= 11 is 3.04. The molecule has 6 heteroatoms. The van der Waals surface area contributed by atoms with E-state index in [9.17, 15) is 4.79 Å². The fourth-order valence-corrected chi connectivity index (χ4v) is 3.56. The number of ketones is 1. The average Bonchev–Trinajstić information content (AvgIpc) is 2.61. The van der Waals surface area contributed by atoms with Crippen LogP contribution in [0, 0.1) is 0 Å². The third kappa shape index (κ3) is 3.90. The Morgan fingerprint density at radius 1 is 1.50 bits per heavy atom. The number of hydrogen-bond acceptors (Lipinski definition) is 6. The maximum atomic E-state index is 11.5. The molecule has 0 amide bonds. The molecule has 0 saturated carbocycles. The van der Waals surface area contributed by atoms with E-state index in [2.05, 4.69) is 24.3 Å². The normalized spacial score (nSPS) is 10.9. The summed E-state index contributed by atoms with van der Waals surface area (Å²) < 4.78 is 0. The molecule has 0 aliphatic rings. The summed E-state index contributed by atoms with van der Waals surface area (Å²) in [5.41, 5.74) is 6.61. The Morgan fingerprint density at radius 2 is 2.17 bits per heavy atom. The Kier molecular flexibility index (Phi) is 5.98. The van der Waals surface area contributed by atoms with Crippen molar-refractivity contribution in [1.29, 1.82) is 0 Å². The van der Waals surface area contributed by atoms with Crippen LogP contribution in [0.1, 0.15) is 23.0 Å². The molecule has 0 aliphatic carbocycles. The zero-order chi connectivity index (χ0) is 13.7. The van der Waals surface area contributed by atoms with Crippen LogP contribution in [0.5, 0.6) is 0 Å². The summed E-state index contributed by atoms with van der Waals surface area (Å²) in [7, 11) is 4.12. The first-order valence-electron chi connectivity index (χ1n) is 5.83. The number of anilines is 2. The van der Waals surface area contributed by atoms with E-state index in [1.165, 1.54) is 11.3 Å². The number of thioether (sulfide) groups is 1. The van der Waals surface area contributed by atoms with Crippen LogP contribution in [0.3, 0.4) is 0 Å². The van der Waals surface area contributed by atoms with E-state index in [4.69, 9.17) is 5.73 Å². The molecule has 0 unspecified atom stereocenters. The summed E-state index contributed by atoms with van der Waals surface area (Å²) in [6, 6.07) is 0. The van der Waals surface area contributed by atoms with E-state index >= 15 is 0 Å². The first-order chi connectivity index (χ1) is 8.47. The molecule has 4 nitrogen and oxygen atoms in total. The summed E-state index contributed by atoms with van der Waals surface area (Å²) in [5, 5.41) is 4.39. The van der Waals surface area contributed by atoms with Crippen molar-refractivity contribution in [3.63, 3.8) is 0 Å². The molecule has 1 rings (SSSR count). The highest BCUT2D eigenvalue weighted by atomic mass is 32.2. The highest BCUT2D eigenvalue weighted by molar-refractivity contribution is 7.99. The Labute approximate surface area is 117 Å². The van der Waals surface area contributed by atoms with Crippen molar-refractivity contribution in [2.24, 2.45) is 0 Å². The molecule has 1 heterocycles. The Bertz CT molecular complexity index is 416. The summed E-state index contributed by atoms with van der Waals surface area (Å²) in [6.45, 7) is 3.49. The van der Waals surface area contributed by atoms with Gasteiger partial charge in [-0.05, 0) is 33.3 Å². The molecule has 0 saturated heterocycles. The molecular formula is C12H21N3OS2. The van der Waals surface area contributed by atoms with Crippen molar-refractivity contribution in [2.45, 2.75) is 18.2 Å². The van der Waals surface area contributed by atoms with Crippen LogP contribution in [0.2, 0.25) is 0 Å². The van der Waals surface area contributed by atoms with Crippen LogP contribution in [0.25, 0.3) is 0 Å². The maximum absolute atomic E-state index is 11.5. The number of nitrogens with zero attached hydrogens (tertiary/aromatic N) is 1. The smallest absolute Gasteiger partial charge is 0.171 e. The number of Topliss-reactive ketones (excluding diaryl/α,β-unsaturated/α-hetero) is 1. The predicted molar refractivity (Wildman–Crippen MR) is 82.2 cm³/mol. The average molecular weight is 287 g/mol. The van der Waals surface area contributed by atoms with Gasteiger partial charge in [-0.1, -0.05) is 0 Å². The Morgan fingerprint density at radius 3 is 2.67 bits per heavy atom. The van der Waals surface area contributed by atoms with Crippen LogP contribution in [0.4, 0.5) is 10.7 Å². The monoisotopic (exact) mass is 287 g/mol. The van der Waals surface area contributed by atoms with Crippen molar-refractivity contribution < 1.29 is 4.79 Å². The van der Waals surface area contributed by atoms with Crippen LogP contribution in [-0.4, -0.2) is 44.1 Å². The molecule has 0 bridgehead atoms. The summed E-state index contributed by atoms with van der Waals surface area (Å²) in [5.74, 6) is 0.0362. The molecule has 1 aromatic heterocycles. The number of carbonyl (C=O) groups is 1. The summed E-state index contributed by atoms with van der Waals surface area (Å²) in [4.78, 5) is 15.3. The number of nitrogens with two attached hydrogens (primary N) is 1. The van der Waals surface area contributed by atoms with Gasteiger partial charge in [-0.15, -0.1) is 23.1 Å². The second-order valence-electron chi connectivity index (χ2n) is 4.35. The molecular weight excluding hydrogens is 266 g/mol. The lowest BCUT2D eigenvalue weighted by Gasteiger charge is -2.10. The molecule has 0 spiro atoms. The number of rotatable bonds is 7. The van der Waals surface area contributed by atoms with Crippen molar-refractivity contribution in [2.75, 3.05) is 44.5 Å². The molecule has 0 aliphatic heterocycles. The van der Waals surface area contributed by atoms with Crippen molar-refractivity contribution >= 4 is 39.6 Å².